The van der Waals surface area contributed by atoms with E-state index >= 15 is 0 Å². The molecule has 0 aliphatic heterocycles. The number of benzene rings is 5. The summed E-state index contributed by atoms with van der Waals surface area (Å²) in [5, 5.41) is 4.17. The summed E-state index contributed by atoms with van der Waals surface area (Å²) >= 11 is 0. The van der Waals surface area contributed by atoms with Gasteiger partial charge in [-0.15, -0.1) is 4.57 Å². The molecule has 0 aliphatic carbocycles. The van der Waals surface area contributed by atoms with Crippen molar-refractivity contribution < 1.29 is 30.5 Å². The van der Waals surface area contributed by atoms with Crippen LogP contribution in [-0.4, -0.2) is 30.9 Å². The Hall–Kier alpha value is -4.42. The Balaban J connectivity index is 1.80. The highest BCUT2D eigenvalue weighted by Crippen LogP contribution is 2.39. The topological polar surface area (TPSA) is 138 Å². The first-order valence-corrected chi connectivity index (χ1v) is 14.6. The number of rotatable bonds is 5. The molecule has 5 aromatic carbocycles. The van der Waals surface area contributed by atoms with Crippen LogP contribution in [0.3, 0.4) is 0 Å². The molecular weight excluding hydrogens is 538 g/mol. The van der Waals surface area contributed by atoms with Crippen molar-refractivity contribution >= 4 is 64.5 Å². The summed E-state index contributed by atoms with van der Waals surface area (Å²) in [7, 11) is -9.28. The van der Waals surface area contributed by atoms with Crippen LogP contribution >= 0.6 is 0 Å². The second kappa shape index (κ2) is 9.10. The molecule has 9 nitrogen and oxygen atoms in total. The predicted octanol–water partition coefficient (Wildman–Crippen LogP) is 5.05. The van der Waals surface area contributed by atoms with Crippen LogP contribution in [0.15, 0.2) is 113 Å². The molecule has 0 fully saturated rings. The fraction of sp³-hybridized carbons (Fsp3) is 0. The Bertz CT molecular complexity index is 2130. The Morgan fingerprint density at radius 1 is 0.667 bits per heavy atom. The molecule has 0 saturated heterocycles. The van der Waals surface area contributed by atoms with Crippen LogP contribution in [-0.2, 0) is 20.2 Å². The van der Waals surface area contributed by atoms with Crippen molar-refractivity contribution in [3.8, 4) is 5.69 Å². The van der Waals surface area contributed by atoms with E-state index in [9.17, 15) is 25.9 Å². The van der Waals surface area contributed by atoms with Gasteiger partial charge in [-0.2, -0.15) is 16.8 Å². The number of nitrogens with zero attached hydrogens (tertiary/aromatic N) is 2. The van der Waals surface area contributed by atoms with Gasteiger partial charge in [0.05, 0.1) is 10.6 Å². The van der Waals surface area contributed by atoms with E-state index in [1.165, 1.54) is 24.3 Å². The largest absolute Gasteiger partial charge is 0.354 e. The van der Waals surface area contributed by atoms with Crippen LogP contribution in [0.4, 0.5) is 11.4 Å². The van der Waals surface area contributed by atoms with Gasteiger partial charge >= 0.3 is 10.1 Å². The minimum atomic E-state index is -4.86. The lowest BCUT2D eigenvalue weighted by molar-refractivity contribution is -0.539. The van der Waals surface area contributed by atoms with Crippen LogP contribution in [0.5, 0.6) is 0 Å². The van der Waals surface area contributed by atoms with E-state index in [0.29, 0.717) is 38.7 Å². The molecule has 0 radical (unpaired) electrons. The molecule has 39 heavy (non-hydrogen) atoms. The second-order valence-corrected chi connectivity index (χ2v) is 11.6. The molecule has 11 heteroatoms. The van der Waals surface area contributed by atoms with E-state index < -0.39 is 25.1 Å². The monoisotopic (exact) mass is 558 g/mol. The molecule has 0 bridgehead atoms. The Kier molecular flexibility index (Phi) is 5.81. The van der Waals surface area contributed by atoms with Crippen LogP contribution in [0.1, 0.15) is 0 Å². The van der Waals surface area contributed by atoms with Crippen molar-refractivity contribution in [2.75, 3.05) is 5.32 Å². The molecule has 0 aliphatic rings. The number of hydrogen-bond donors (Lipinski definition) is 3. The lowest BCUT2D eigenvalue weighted by Crippen LogP contribution is -2.35. The van der Waals surface area contributed by atoms with Gasteiger partial charge in [-0.1, -0.05) is 54.6 Å². The molecule has 1 heterocycles. The fourth-order valence-electron chi connectivity index (χ4n) is 4.77. The average molecular weight is 559 g/mol. The second-order valence-electron chi connectivity index (χ2n) is 8.82. The highest BCUT2D eigenvalue weighted by molar-refractivity contribution is 7.86. The van der Waals surface area contributed by atoms with Crippen molar-refractivity contribution in [1.29, 1.82) is 0 Å². The third-order valence-electron chi connectivity index (χ3n) is 6.39. The summed E-state index contributed by atoms with van der Waals surface area (Å²) < 4.78 is 71.1. The summed E-state index contributed by atoms with van der Waals surface area (Å²) in [5.41, 5.74) is 2.86. The summed E-state index contributed by atoms with van der Waals surface area (Å²) in [6.07, 6.45) is 0. The van der Waals surface area contributed by atoms with Crippen LogP contribution < -0.4 is 9.88 Å². The van der Waals surface area contributed by atoms with Gasteiger partial charge in [0.25, 0.3) is 15.6 Å². The lowest BCUT2D eigenvalue weighted by Gasteiger charge is -2.16. The fourth-order valence-corrected chi connectivity index (χ4v) is 6.10. The molecule has 0 amide bonds. The highest BCUT2D eigenvalue weighted by atomic mass is 32.2. The van der Waals surface area contributed by atoms with Crippen molar-refractivity contribution in [1.82, 2.24) is 4.98 Å². The Labute approximate surface area is 223 Å². The number of para-hydroxylation sites is 3. The van der Waals surface area contributed by atoms with Gasteiger partial charge in [-0.3, -0.25) is 9.11 Å². The zero-order valence-corrected chi connectivity index (χ0v) is 21.7. The first-order chi connectivity index (χ1) is 18.6. The van der Waals surface area contributed by atoms with E-state index in [0.717, 1.165) is 0 Å². The molecule has 0 saturated carbocycles. The number of nitrogens with one attached hydrogen (secondary N) is 1. The van der Waals surface area contributed by atoms with E-state index in [2.05, 4.69) is 5.32 Å². The highest BCUT2D eigenvalue weighted by Gasteiger charge is 2.33. The molecule has 1 aromatic heterocycles. The summed E-state index contributed by atoms with van der Waals surface area (Å²) in [5.74, 6) is 0. The van der Waals surface area contributed by atoms with Gasteiger partial charge < -0.3 is 5.32 Å². The van der Waals surface area contributed by atoms with Crippen molar-refractivity contribution in [3.05, 3.63) is 103 Å². The minimum Gasteiger partial charge on any atom is -0.354 e. The molecule has 194 valence electrons. The van der Waals surface area contributed by atoms with Gasteiger partial charge in [0.15, 0.2) is 4.90 Å². The Morgan fingerprint density at radius 3 is 1.95 bits per heavy atom. The van der Waals surface area contributed by atoms with Gasteiger partial charge in [0.2, 0.25) is 11.2 Å². The van der Waals surface area contributed by atoms with Crippen molar-refractivity contribution in [2.45, 2.75) is 9.79 Å². The normalized spacial score (nSPS) is 12.3. The first kappa shape index (κ1) is 24.9. The van der Waals surface area contributed by atoms with Gasteiger partial charge in [-0.05, 0) is 30.3 Å². The smallest absolute Gasteiger partial charge is 0.303 e. The van der Waals surface area contributed by atoms with E-state index in [1.54, 1.807) is 16.7 Å². The van der Waals surface area contributed by atoms with Gasteiger partial charge in [-0.25, -0.2) is 4.98 Å². The maximum Gasteiger partial charge on any atom is 0.303 e. The zero-order valence-electron chi connectivity index (χ0n) is 20.1. The van der Waals surface area contributed by atoms with Crippen LogP contribution in [0, 0.1) is 0 Å². The Morgan fingerprint density at radius 2 is 1.28 bits per heavy atom. The minimum absolute atomic E-state index is 0.0852. The predicted molar refractivity (Wildman–Crippen MR) is 148 cm³/mol. The molecule has 6 rings (SSSR count). The zero-order chi connectivity index (χ0) is 27.4. The number of fused-ring (bicyclic) bond motifs is 4. The summed E-state index contributed by atoms with van der Waals surface area (Å²) in [4.78, 5) is 4.13. The van der Waals surface area contributed by atoms with Gasteiger partial charge in [0.1, 0.15) is 11.0 Å². The number of hydrogen-bond acceptors (Lipinski definition) is 6. The summed E-state index contributed by atoms with van der Waals surface area (Å²) in [6.45, 7) is 0. The number of aromatic nitrogens is 2. The van der Waals surface area contributed by atoms with Crippen LogP contribution in [0.2, 0.25) is 0 Å². The third kappa shape index (κ3) is 4.37. The molecule has 0 spiro atoms. The number of anilines is 2. The molecule has 0 unspecified atom stereocenters. The molecule has 0 atom stereocenters. The quantitative estimate of drug-likeness (QED) is 0.116. The van der Waals surface area contributed by atoms with E-state index in [-0.39, 0.29) is 16.1 Å². The average Bonchev–Trinajstić information content (AvgIpc) is 2.91. The summed E-state index contributed by atoms with van der Waals surface area (Å²) in [6, 6.07) is 28.7. The maximum atomic E-state index is 13.2. The maximum absolute atomic E-state index is 13.2. The third-order valence-corrected chi connectivity index (χ3v) is 8.17. The standard InChI is InChI=1S/C28H19N3O6S2/c32-38(33,34)20-16-14-18(15-17-20)29-26-22-11-5-4-10-21(22)25-27(28(26)39(35,36)37)31(19-8-2-1-3-9-19)24-13-7-6-12-23(24)30-25/h1-17H,(H2,32,33,34,35,36,37)/p+1. The molecule has 6 aromatic rings. The van der Waals surface area contributed by atoms with E-state index in [1.807, 2.05) is 66.7 Å². The van der Waals surface area contributed by atoms with Gasteiger partial charge in [0, 0.05) is 34.7 Å². The molecule has 3 N–H and O–H groups in total. The lowest BCUT2D eigenvalue weighted by atomic mass is 10.0. The van der Waals surface area contributed by atoms with Crippen molar-refractivity contribution in [3.63, 3.8) is 0 Å². The van der Waals surface area contributed by atoms with E-state index in [4.69, 9.17) is 4.98 Å². The SMILES string of the molecule is O=S(=O)(O)c1ccc(Nc2c(S(=O)(=O)O)c3c(nc4ccccc4[n+]3-c3ccccc3)c3ccccc23)cc1. The van der Waals surface area contributed by atoms with Crippen molar-refractivity contribution in [2.24, 2.45) is 0 Å². The van der Waals surface area contributed by atoms with Crippen LogP contribution in [0.25, 0.3) is 38.5 Å². The first-order valence-electron chi connectivity index (χ1n) is 11.7. The molecular formula is C28H20N3O6S2+.